The fraction of sp³-hybridized carbons (Fsp3) is 0.381. The third kappa shape index (κ3) is 6.45. The summed E-state index contributed by atoms with van der Waals surface area (Å²) in [6.45, 7) is 3.68. The summed E-state index contributed by atoms with van der Waals surface area (Å²) in [4.78, 5) is 66.0. The van der Waals surface area contributed by atoms with Gasteiger partial charge in [0.1, 0.15) is 29.4 Å². The molecule has 16 heteroatoms. The topological polar surface area (TPSA) is 200 Å². The van der Waals surface area contributed by atoms with E-state index in [1.165, 1.54) is 43.1 Å². The number of nitrogen functional groups attached to an aromatic ring is 1. The predicted molar refractivity (Wildman–Crippen MR) is 130 cm³/mol. The lowest BCUT2D eigenvalue weighted by atomic mass is 10.0. The van der Waals surface area contributed by atoms with E-state index in [4.69, 9.17) is 19.9 Å². The lowest BCUT2D eigenvalue weighted by Gasteiger charge is -2.49. The van der Waals surface area contributed by atoms with Gasteiger partial charge in [0.15, 0.2) is 10.8 Å². The summed E-state index contributed by atoms with van der Waals surface area (Å²) in [6.07, 6.45) is 1.78. The largest absolute Gasteiger partial charge is 0.462 e. The number of ether oxygens (including phenoxy) is 3. The van der Waals surface area contributed by atoms with E-state index in [1.807, 2.05) is 0 Å². The second-order valence-corrected chi connectivity index (χ2v) is 9.54. The van der Waals surface area contributed by atoms with E-state index in [-0.39, 0.29) is 28.9 Å². The molecule has 3 atom stereocenters. The minimum atomic E-state index is -1.22. The highest BCUT2D eigenvalue weighted by Gasteiger charge is 2.54. The SMILES string of the molecule is CC(=O)OC/C=C\C1=C(C(=O)OC(C)OC(C)=O)N2C(=O)[C@@H](NC(=O)/C(=N\O)c3csc(N)n3)[C@@H]2SC1. The number of hydrogen-bond acceptors (Lipinski definition) is 14. The van der Waals surface area contributed by atoms with Gasteiger partial charge >= 0.3 is 17.9 Å². The van der Waals surface area contributed by atoms with Crippen LogP contribution in [0, 0.1) is 0 Å². The molecule has 2 aliphatic rings. The molecule has 3 heterocycles. The van der Waals surface area contributed by atoms with Gasteiger partial charge in [-0.3, -0.25) is 24.1 Å². The van der Waals surface area contributed by atoms with Gasteiger partial charge in [0.2, 0.25) is 6.29 Å². The number of nitrogens with one attached hydrogen (secondary N) is 1. The van der Waals surface area contributed by atoms with Crippen molar-refractivity contribution in [3.05, 3.63) is 34.5 Å². The molecule has 1 aromatic heterocycles. The van der Waals surface area contributed by atoms with Crippen LogP contribution in [0.25, 0.3) is 0 Å². The number of hydrogen-bond donors (Lipinski definition) is 3. The molecule has 37 heavy (non-hydrogen) atoms. The maximum atomic E-state index is 13.1. The number of β-lactam (4-membered cyclic amide) rings is 1. The molecule has 1 saturated heterocycles. The first-order valence-corrected chi connectivity index (χ1v) is 12.6. The number of nitrogens with two attached hydrogens (primary N) is 1. The monoisotopic (exact) mass is 553 g/mol. The van der Waals surface area contributed by atoms with Gasteiger partial charge in [-0.25, -0.2) is 9.78 Å². The summed E-state index contributed by atoms with van der Waals surface area (Å²) < 4.78 is 14.9. The zero-order valence-electron chi connectivity index (χ0n) is 19.8. The van der Waals surface area contributed by atoms with Crippen molar-refractivity contribution in [2.45, 2.75) is 38.5 Å². The lowest BCUT2D eigenvalue weighted by molar-refractivity contribution is -0.182. The van der Waals surface area contributed by atoms with Gasteiger partial charge in [0.05, 0.1) is 0 Å². The maximum Gasteiger partial charge on any atom is 0.358 e. The second-order valence-electron chi connectivity index (χ2n) is 7.54. The van der Waals surface area contributed by atoms with Gasteiger partial charge in [-0.05, 0) is 11.6 Å². The number of fused-ring (bicyclic) bond motifs is 1. The van der Waals surface area contributed by atoms with Crippen LogP contribution in [-0.2, 0) is 38.2 Å². The number of oxime groups is 1. The van der Waals surface area contributed by atoms with Crippen molar-refractivity contribution < 1.29 is 43.4 Å². The van der Waals surface area contributed by atoms with Crippen molar-refractivity contribution >= 4 is 63.7 Å². The number of amides is 2. The number of allylic oxidation sites excluding steroid dienone is 1. The number of esters is 3. The van der Waals surface area contributed by atoms with Crippen molar-refractivity contribution in [1.29, 1.82) is 0 Å². The van der Waals surface area contributed by atoms with E-state index in [9.17, 15) is 29.2 Å². The van der Waals surface area contributed by atoms with Crippen molar-refractivity contribution in [3.8, 4) is 0 Å². The van der Waals surface area contributed by atoms with Crippen molar-refractivity contribution in [1.82, 2.24) is 15.2 Å². The van der Waals surface area contributed by atoms with Crippen LogP contribution in [0.5, 0.6) is 0 Å². The summed E-state index contributed by atoms with van der Waals surface area (Å²) in [5.41, 5.74) is 5.45. The average Bonchev–Trinajstić information content (AvgIpc) is 3.25. The van der Waals surface area contributed by atoms with Crippen molar-refractivity contribution in [2.75, 3.05) is 18.1 Å². The zero-order chi connectivity index (χ0) is 27.3. The zero-order valence-corrected chi connectivity index (χ0v) is 21.5. The van der Waals surface area contributed by atoms with E-state index in [1.54, 1.807) is 0 Å². The van der Waals surface area contributed by atoms with Gasteiger partial charge in [-0.1, -0.05) is 11.2 Å². The summed E-state index contributed by atoms with van der Waals surface area (Å²) in [5.74, 6) is -3.35. The quantitative estimate of drug-likeness (QED) is 0.0933. The summed E-state index contributed by atoms with van der Waals surface area (Å²) in [5, 5.41) is 15.7. The van der Waals surface area contributed by atoms with Crippen LogP contribution < -0.4 is 11.1 Å². The first-order chi connectivity index (χ1) is 17.5. The second kappa shape index (κ2) is 11.9. The fourth-order valence-electron chi connectivity index (χ4n) is 3.40. The van der Waals surface area contributed by atoms with Crippen LogP contribution in [0.3, 0.4) is 0 Å². The molecule has 1 unspecified atom stereocenters. The van der Waals surface area contributed by atoms with Gasteiger partial charge in [-0.2, -0.15) is 0 Å². The molecule has 0 aromatic carbocycles. The number of nitrogens with zero attached hydrogens (tertiary/aromatic N) is 3. The number of thioether (sulfide) groups is 1. The fourth-order valence-corrected chi connectivity index (χ4v) is 5.27. The Kier molecular flexibility index (Phi) is 8.88. The molecule has 0 radical (unpaired) electrons. The summed E-state index contributed by atoms with van der Waals surface area (Å²) >= 11 is 2.29. The molecule has 1 aromatic rings. The number of anilines is 1. The summed E-state index contributed by atoms with van der Waals surface area (Å²) in [7, 11) is 0. The number of carbonyl (C=O) groups excluding carboxylic acids is 5. The molecule has 1 fully saturated rings. The molecule has 14 nitrogen and oxygen atoms in total. The Morgan fingerprint density at radius 1 is 1.32 bits per heavy atom. The summed E-state index contributed by atoms with van der Waals surface area (Å²) in [6, 6.07) is -1.05. The molecular weight excluding hydrogens is 530 g/mol. The number of carbonyl (C=O) groups is 5. The smallest absolute Gasteiger partial charge is 0.358 e. The Morgan fingerprint density at radius 2 is 2.05 bits per heavy atom. The molecule has 4 N–H and O–H groups in total. The van der Waals surface area contributed by atoms with E-state index < -0.39 is 53.1 Å². The number of aromatic nitrogens is 1. The highest BCUT2D eigenvalue weighted by molar-refractivity contribution is 8.00. The Labute approximate surface area is 218 Å². The molecule has 2 aliphatic heterocycles. The normalized spacial score (nSPS) is 20.1. The molecule has 2 amide bonds. The first-order valence-electron chi connectivity index (χ1n) is 10.6. The van der Waals surface area contributed by atoms with Crippen LogP contribution in [0.1, 0.15) is 26.5 Å². The van der Waals surface area contributed by atoms with E-state index in [0.29, 0.717) is 5.57 Å². The van der Waals surface area contributed by atoms with Gasteiger partial charge in [0.25, 0.3) is 11.8 Å². The Balaban J connectivity index is 1.81. The molecule has 0 bridgehead atoms. The van der Waals surface area contributed by atoms with E-state index in [2.05, 4.69) is 15.5 Å². The van der Waals surface area contributed by atoms with Crippen LogP contribution in [0.4, 0.5) is 5.13 Å². The highest BCUT2D eigenvalue weighted by Crippen LogP contribution is 2.41. The first kappa shape index (κ1) is 27.7. The van der Waals surface area contributed by atoms with Gasteiger partial charge in [-0.15, -0.1) is 23.1 Å². The molecular formula is C21H23N5O9S2. The standard InChI is InChI=1S/C21H23N5O9S2/c1-9(27)33-6-4-5-12-7-36-19-15(24-17(29)14(25-32)13-8-37-21(22)23-13)18(30)26(19)16(12)20(31)35-11(3)34-10(2)28/h4-5,8,11,15,19,32H,6-7H2,1-3H3,(H2,22,23)(H,24,29)/b5-4-,25-14-/t11?,15-,19+/m1/s1. The minimum Gasteiger partial charge on any atom is -0.462 e. The lowest BCUT2D eigenvalue weighted by Crippen LogP contribution is -2.71. The predicted octanol–water partition coefficient (Wildman–Crippen LogP) is 0.129. The van der Waals surface area contributed by atoms with Gasteiger partial charge in [0, 0.05) is 31.9 Å². The highest BCUT2D eigenvalue weighted by atomic mass is 32.2. The number of thiazole rings is 1. The van der Waals surface area contributed by atoms with Crippen LogP contribution >= 0.6 is 23.1 Å². The van der Waals surface area contributed by atoms with Crippen LogP contribution in [-0.4, -0.2) is 80.6 Å². The Hall–Kier alpha value is -3.92. The van der Waals surface area contributed by atoms with Crippen molar-refractivity contribution in [2.24, 2.45) is 5.16 Å². The van der Waals surface area contributed by atoms with Crippen molar-refractivity contribution in [3.63, 3.8) is 0 Å². The molecule has 0 spiro atoms. The van der Waals surface area contributed by atoms with Crippen LogP contribution in [0.2, 0.25) is 0 Å². The minimum absolute atomic E-state index is 0.0336. The van der Waals surface area contributed by atoms with E-state index in [0.717, 1.165) is 23.2 Å². The molecule has 3 rings (SSSR count). The molecule has 198 valence electrons. The van der Waals surface area contributed by atoms with Gasteiger partial charge < -0.3 is 30.5 Å². The molecule has 0 aliphatic carbocycles. The molecule has 0 saturated carbocycles. The average molecular weight is 554 g/mol. The third-order valence-corrected chi connectivity index (χ3v) is 6.84. The third-order valence-electron chi connectivity index (χ3n) is 4.86. The number of rotatable bonds is 9. The Morgan fingerprint density at radius 3 is 2.65 bits per heavy atom. The Bertz CT molecular complexity index is 1210. The van der Waals surface area contributed by atoms with Crippen LogP contribution in [0.15, 0.2) is 34.0 Å². The van der Waals surface area contributed by atoms with E-state index >= 15 is 0 Å². The maximum absolute atomic E-state index is 13.1.